The highest BCUT2D eigenvalue weighted by atomic mass is 35.5. The molecule has 0 spiro atoms. The molecule has 3 aromatic carbocycles. The average Bonchev–Trinajstić information content (AvgIpc) is 3.92. The highest BCUT2D eigenvalue weighted by molar-refractivity contribution is 7.80. The number of hydrogen-bond donors (Lipinski definition) is 2. The highest BCUT2D eigenvalue weighted by Crippen LogP contribution is 2.46. The molecular weight excluding hydrogens is 997 g/mol. The quantitative estimate of drug-likeness (QED) is 0.118. The van der Waals surface area contributed by atoms with Crippen molar-refractivity contribution in [2.45, 2.75) is 167 Å². The summed E-state index contributed by atoms with van der Waals surface area (Å²) >= 11 is 12.4. The standard InChI is InChI=1S/C22H30FN3S.C14H16ClFO.C13H15FO2.C8H17N3S.2CH4/c1-17(2)25-12-14-26(15-13-25)21-24-20(16-27-21)22(10-4-3-5-11-22)18-6-8-19(23)9-7-18;15-10-13(17)14(8-2-1-3-9-14)11-4-6-12(16)7-5-11;14-11-6-4-10(5-7-11)13(12(15)16)8-2-1-3-9-13;1-7(2)10-3-5-11(6-4-10)8(9)12;;/h6-9,16-17H,3-5,10-15H2,1-2H3;4-7H,1-3,8-10H2;4-7H,1-3,8-9H2,(H,15,16);7H,3-6H2,1-2H3,(H2,9,12);2*1H4. The number of aliphatic carboxylic acids is 1. The van der Waals surface area contributed by atoms with E-state index in [1.54, 1.807) is 47.7 Å². The Morgan fingerprint density at radius 1 is 0.622 bits per heavy atom. The van der Waals surface area contributed by atoms with Crippen molar-refractivity contribution in [3.8, 4) is 0 Å². The Hall–Kier alpha value is -4.08. The van der Waals surface area contributed by atoms with Gasteiger partial charge in [0.25, 0.3) is 0 Å². The molecule has 0 atom stereocenters. The number of carboxylic acid groups (broad SMARTS) is 1. The molecule has 5 aliphatic rings. The predicted octanol–water partition coefficient (Wildman–Crippen LogP) is 13.5. The topological polar surface area (TPSA) is 106 Å². The van der Waals surface area contributed by atoms with Crippen LogP contribution in [0.25, 0.3) is 0 Å². The molecule has 1 aromatic heterocycles. The molecule has 3 saturated carbocycles. The number of thiazole rings is 1. The summed E-state index contributed by atoms with van der Waals surface area (Å²) in [4.78, 5) is 38.2. The first-order valence-corrected chi connectivity index (χ1v) is 28.2. The van der Waals surface area contributed by atoms with Crippen LogP contribution in [0.1, 0.15) is 161 Å². The fraction of sp³-hybridized carbons (Fsp3) is 0.593. The number of piperazine rings is 2. The van der Waals surface area contributed by atoms with Gasteiger partial charge in [-0.3, -0.25) is 19.4 Å². The summed E-state index contributed by atoms with van der Waals surface area (Å²) in [5, 5.41) is 13.4. The molecule has 9 rings (SSSR count). The second-order valence-corrected chi connectivity index (χ2v) is 22.4. The monoisotopic (exact) mass is 1080 g/mol. The first-order valence-electron chi connectivity index (χ1n) is 26.4. The van der Waals surface area contributed by atoms with E-state index in [4.69, 9.17) is 34.5 Å². The van der Waals surface area contributed by atoms with Crippen LogP contribution in [0.2, 0.25) is 0 Å². The SMILES string of the molecule is C.C.CC(C)N1CCN(C(N)=S)CC1.CC(C)N1CCN(c2nc(C3(c4ccc(F)cc4)CCCCC3)cs2)CC1.O=C(CCl)C1(c2ccc(F)cc2)CCCCC1.O=C(O)C1(c2ccc(F)cc2)CCCCC1. The molecule has 2 saturated heterocycles. The number of ketones is 1. The summed E-state index contributed by atoms with van der Waals surface area (Å²) in [5.74, 6) is -1.41. The van der Waals surface area contributed by atoms with E-state index in [9.17, 15) is 27.9 Å². The van der Waals surface area contributed by atoms with E-state index in [1.165, 1.54) is 61.2 Å². The summed E-state index contributed by atoms with van der Waals surface area (Å²) in [6, 6.07) is 20.6. The maximum Gasteiger partial charge on any atom is 0.314 e. The maximum absolute atomic E-state index is 13.5. The number of anilines is 1. The van der Waals surface area contributed by atoms with E-state index >= 15 is 0 Å². The Kier molecular flexibility index (Phi) is 24.8. The second kappa shape index (κ2) is 29.4. The van der Waals surface area contributed by atoms with Gasteiger partial charge in [-0.05, 0) is 132 Å². The average molecular weight is 1080 g/mol. The Labute approximate surface area is 456 Å². The first kappa shape index (κ1) is 62.5. The summed E-state index contributed by atoms with van der Waals surface area (Å²) in [5.41, 5.74) is 8.32. The molecule has 4 aromatic rings. The Morgan fingerprint density at radius 2 is 1.00 bits per heavy atom. The number of rotatable bonds is 10. The zero-order valence-electron chi connectivity index (χ0n) is 43.0. The van der Waals surface area contributed by atoms with Gasteiger partial charge in [0.15, 0.2) is 16.0 Å². The lowest BCUT2D eigenvalue weighted by atomic mass is 9.67. The van der Waals surface area contributed by atoms with Crippen LogP contribution < -0.4 is 10.6 Å². The Bertz CT molecular complexity index is 2300. The number of aromatic nitrogens is 1. The number of nitrogens with two attached hydrogens (primary N) is 1. The molecular formula is C59H86ClF3N6O3S2. The van der Waals surface area contributed by atoms with Crippen LogP contribution in [0, 0.1) is 17.5 Å². The number of benzene rings is 3. The molecule has 9 nitrogen and oxygen atoms in total. The van der Waals surface area contributed by atoms with Crippen LogP contribution >= 0.6 is 35.2 Å². The van der Waals surface area contributed by atoms with E-state index in [0.29, 0.717) is 30.0 Å². The normalized spacial score (nSPS) is 19.4. The van der Waals surface area contributed by atoms with Crippen LogP contribution in [-0.4, -0.2) is 112 Å². The second-order valence-electron chi connectivity index (χ2n) is 20.9. The predicted molar refractivity (Wildman–Crippen MR) is 306 cm³/mol. The summed E-state index contributed by atoms with van der Waals surface area (Å²) < 4.78 is 39.3. The van der Waals surface area contributed by atoms with E-state index in [-0.39, 0.29) is 49.4 Å². The smallest absolute Gasteiger partial charge is 0.314 e. The zero-order chi connectivity index (χ0) is 51.9. The number of alkyl halides is 1. The van der Waals surface area contributed by atoms with Crippen molar-refractivity contribution in [3.05, 3.63) is 118 Å². The molecule has 3 heterocycles. The third-order valence-corrected chi connectivity index (χ3v) is 17.4. The molecule has 2 aliphatic heterocycles. The summed E-state index contributed by atoms with van der Waals surface area (Å²) in [6.07, 6.45) is 15.2. The summed E-state index contributed by atoms with van der Waals surface area (Å²) in [7, 11) is 0. The maximum atomic E-state index is 13.5. The first-order chi connectivity index (χ1) is 34.5. The minimum atomic E-state index is -0.786. The van der Waals surface area contributed by atoms with Crippen LogP contribution in [0.15, 0.2) is 78.2 Å². The lowest BCUT2D eigenvalue weighted by Crippen LogP contribution is -2.52. The van der Waals surface area contributed by atoms with Crippen molar-refractivity contribution in [2.24, 2.45) is 5.73 Å². The molecule has 3 aliphatic carbocycles. The molecule has 15 heteroatoms. The number of Topliss-reactive ketones (excluding diaryl/α,β-unsaturated/α-hetero) is 1. The fourth-order valence-corrected chi connectivity index (χ4v) is 12.9. The zero-order valence-corrected chi connectivity index (χ0v) is 45.4. The van der Waals surface area contributed by atoms with Crippen LogP contribution in [0.3, 0.4) is 0 Å². The molecule has 0 amide bonds. The van der Waals surface area contributed by atoms with Gasteiger partial charge in [0.2, 0.25) is 0 Å². The van der Waals surface area contributed by atoms with Crippen LogP contribution in [0.4, 0.5) is 18.3 Å². The van der Waals surface area contributed by atoms with E-state index < -0.39 is 16.8 Å². The van der Waals surface area contributed by atoms with Gasteiger partial charge in [0.05, 0.1) is 22.4 Å². The van der Waals surface area contributed by atoms with Crippen molar-refractivity contribution in [1.29, 1.82) is 0 Å². The summed E-state index contributed by atoms with van der Waals surface area (Å²) in [6.45, 7) is 17.4. The molecule has 3 N–H and O–H groups in total. The Balaban J connectivity index is 0.000000222. The molecule has 0 bridgehead atoms. The third kappa shape index (κ3) is 15.8. The van der Waals surface area contributed by atoms with E-state index in [1.807, 2.05) is 12.1 Å². The molecule has 0 unspecified atom stereocenters. The van der Waals surface area contributed by atoms with Crippen molar-refractivity contribution in [1.82, 2.24) is 19.7 Å². The van der Waals surface area contributed by atoms with Gasteiger partial charge in [0, 0.05) is 75.2 Å². The number of nitrogens with zero attached hydrogens (tertiary/aromatic N) is 5. The fourth-order valence-electron chi connectivity index (χ4n) is 11.5. The molecule has 410 valence electrons. The van der Waals surface area contributed by atoms with Gasteiger partial charge >= 0.3 is 5.97 Å². The van der Waals surface area contributed by atoms with Gasteiger partial charge in [-0.1, -0.05) is 109 Å². The lowest BCUT2D eigenvalue weighted by Gasteiger charge is -2.38. The van der Waals surface area contributed by atoms with E-state index in [2.05, 4.69) is 52.7 Å². The minimum Gasteiger partial charge on any atom is -0.481 e. The van der Waals surface area contributed by atoms with Crippen LogP contribution in [-0.2, 0) is 25.8 Å². The van der Waals surface area contributed by atoms with Crippen LogP contribution in [0.5, 0.6) is 0 Å². The van der Waals surface area contributed by atoms with Gasteiger partial charge in [-0.15, -0.1) is 22.9 Å². The minimum absolute atomic E-state index is 0. The molecule has 5 fully saturated rings. The number of thiocarbonyl (C=S) groups is 1. The van der Waals surface area contributed by atoms with Gasteiger partial charge < -0.3 is 20.6 Å². The van der Waals surface area contributed by atoms with Crippen molar-refractivity contribution in [3.63, 3.8) is 0 Å². The third-order valence-electron chi connectivity index (χ3n) is 16.0. The molecule has 74 heavy (non-hydrogen) atoms. The highest BCUT2D eigenvalue weighted by Gasteiger charge is 2.42. The number of halogens is 4. The Morgan fingerprint density at radius 3 is 1.39 bits per heavy atom. The van der Waals surface area contributed by atoms with E-state index in [0.717, 1.165) is 126 Å². The van der Waals surface area contributed by atoms with Crippen molar-refractivity contribution < 1.29 is 27.9 Å². The number of hydrogen-bond acceptors (Lipinski definition) is 8. The number of carboxylic acids is 1. The molecule has 0 radical (unpaired) electrons. The van der Waals surface area contributed by atoms with Gasteiger partial charge in [-0.2, -0.15) is 0 Å². The van der Waals surface area contributed by atoms with Gasteiger partial charge in [-0.25, -0.2) is 18.2 Å². The van der Waals surface area contributed by atoms with Crippen molar-refractivity contribution in [2.75, 3.05) is 63.1 Å². The largest absolute Gasteiger partial charge is 0.481 e. The lowest BCUT2D eigenvalue weighted by molar-refractivity contribution is -0.145. The van der Waals surface area contributed by atoms with Crippen molar-refractivity contribution >= 4 is 57.2 Å². The number of carbonyl (C=O) groups excluding carboxylic acids is 1. The number of carbonyl (C=O) groups is 2. The van der Waals surface area contributed by atoms with Gasteiger partial charge in [0.1, 0.15) is 17.5 Å².